The minimum absolute atomic E-state index is 0.127. The van der Waals surface area contributed by atoms with Gasteiger partial charge in [-0.05, 0) is 26.8 Å². The molecule has 0 spiro atoms. The number of methoxy groups -OCH3 is 2. The number of aromatic hydroxyl groups is 1. The van der Waals surface area contributed by atoms with Crippen LogP contribution in [0.1, 0.15) is 26.3 Å². The van der Waals surface area contributed by atoms with E-state index in [1.165, 1.54) is 7.11 Å². The topological polar surface area (TPSA) is 75.1 Å². The third-order valence-electron chi connectivity index (χ3n) is 3.29. The minimum Gasteiger partial charge on any atom is -0.504 e. The number of nitrogens with zero attached hydrogens (tertiary/aromatic N) is 1. The molecule has 0 atom stereocenters. The molecule has 0 aliphatic rings. The number of hydrogen-bond acceptors (Lipinski definition) is 4. The van der Waals surface area contributed by atoms with E-state index in [0.717, 1.165) is 6.54 Å². The van der Waals surface area contributed by atoms with Crippen molar-refractivity contribution in [3.8, 4) is 11.5 Å². The second-order valence-corrected chi connectivity index (χ2v) is 5.48. The number of guanidine groups is 1. The van der Waals surface area contributed by atoms with Crippen molar-refractivity contribution >= 4 is 5.96 Å². The first-order valence-electron chi connectivity index (χ1n) is 7.35. The van der Waals surface area contributed by atoms with Crippen molar-refractivity contribution in [3.05, 3.63) is 23.8 Å². The van der Waals surface area contributed by atoms with Crippen molar-refractivity contribution in [2.45, 2.75) is 32.9 Å². The van der Waals surface area contributed by atoms with Gasteiger partial charge in [0.25, 0.3) is 0 Å². The van der Waals surface area contributed by atoms with Crippen LogP contribution >= 0.6 is 0 Å². The fourth-order valence-corrected chi connectivity index (χ4v) is 1.73. The van der Waals surface area contributed by atoms with E-state index in [2.05, 4.69) is 15.6 Å². The Morgan fingerprint density at radius 3 is 2.59 bits per heavy atom. The van der Waals surface area contributed by atoms with E-state index in [-0.39, 0.29) is 11.4 Å². The standard InChI is InChI=1S/C16H27N3O3/c1-6-17-15(19-11-16(2,3)22-5)18-10-12-8-7-9-13(21-4)14(12)20/h7-9,20H,6,10-11H2,1-5H3,(H2,17,18,19). The average molecular weight is 309 g/mol. The minimum atomic E-state index is -0.283. The van der Waals surface area contributed by atoms with E-state index >= 15 is 0 Å². The molecule has 0 heterocycles. The zero-order valence-electron chi connectivity index (χ0n) is 14.1. The van der Waals surface area contributed by atoms with Crippen molar-refractivity contribution in [1.82, 2.24) is 10.6 Å². The van der Waals surface area contributed by atoms with Gasteiger partial charge < -0.3 is 25.2 Å². The van der Waals surface area contributed by atoms with Gasteiger partial charge in [-0.3, -0.25) is 0 Å². The highest BCUT2D eigenvalue weighted by atomic mass is 16.5. The highest BCUT2D eigenvalue weighted by Crippen LogP contribution is 2.29. The maximum absolute atomic E-state index is 10.1. The lowest BCUT2D eigenvalue weighted by Crippen LogP contribution is -2.45. The van der Waals surface area contributed by atoms with Crippen LogP contribution in [-0.2, 0) is 11.3 Å². The summed E-state index contributed by atoms with van der Waals surface area (Å²) < 4.78 is 10.5. The van der Waals surface area contributed by atoms with Crippen LogP contribution in [0.15, 0.2) is 23.2 Å². The summed E-state index contributed by atoms with van der Waals surface area (Å²) in [6.45, 7) is 7.73. The molecule has 0 radical (unpaired) electrons. The Bertz CT molecular complexity index is 501. The van der Waals surface area contributed by atoms with Crippen LogP contribution < -0.4 is 15.4 Å². The molecule has 1 aromatic carbocycles. The van der Waals surface area contributed by atoms with Gasteiger partial charge in [0.1, 0.15) is 0 Å². The van der Waals surface area contributed by atoms with Gasteiger partial charge in [0.05, 0.1) is 19.3 Å². The van der Waals surface area contributed by atoms with Crippen LogP contribution in [0.4, 0.5) is 0 Å². The molecule has 0 aromatic heterocycles. The average Bonchev–Trinajstić information content (AvgIpc) is 2.51. The molecular weight excluding hydrogens is 282 g/mol. The van der Waals surface area contributed by atoms with Crippen LogP contribution in [-0.4, -0.2) is 44.0 Å². The SMILES string of the molecule is CCNC(=NCc1cccc(OC)c1O)NCC(C)(C)OC. The lowest BCUT2D eigenvalue weighted by molar-refractivity contribution is 0.0268. The summed E-state index contributed by atoms with van der Waals surface area (Å²) in [5.74, 6) is 1.25. The molecule has 1 rings (SSSR count). The summed E-state index contributed by atoms with van der Waals surface area (Å²) in [6.07, 6.45) is 0. The number of rotatable bonds is 7. The molecule has 124 valence electrons. The number of para-hydroxylation sites is 1. The molecule has 0 amide bonds. The predicted octanol–water partition coefficient (Wildman–Crippen LogP) is 1.88. The molecule has 6 nitrogen and oxygen atoms in total. The van der Waals surface area contributed by atoms with E-state index in [1.807, 2.05) is 32.9 Å². The van der Waals surface area contributed by atoms with Gasteiger partial charge in [0.2, 0.25) is 0 Å². The van der Waals surface area contributed by atoms with Crippen LogP contribution in [0.5, 0.6) is 11.5 Å². The molecule has 0 saturated heterocycles. The number of aliphatic imine (C=N–C) groups is 1. The van der Waals surface area contributed by atoms with Gasteiger partial charge in [-0.1, -0.05) is 12.1 Å². The summed E-state index contributed by atoms with van der Waals surface area (Å²) in [6, 6.07) is 5.37. The van der Waals surface area contributed by atoms with Crippen molar-refractivity contribution in [3.63, 3.8) is 0 Å². The number of phenolic OH excluding ortho intramolecular Hbond substituents is 1. The zero-order chi connectivity index (χ0) is 16.6. The van der Waals surface area contributed by atoms with Crippen LogP contribution in [0.25, 0.3) is 0 Å². The number of hydrogen-bond donors (Lipinski definition) is 3. The Balaban J connectivity index is 2.78. The molecule has 6 heteroatoms. The van der Waals surface area contributed by atoms with Gasteiger partial charge in [-0.15, -0.1) is 0 Å². The molecule has 0 unspecified atom stereocenters. The summed E-state index contributed by atoms with van der Waals surface area (Å²) in [5.41, 5.74) is 0.427. The van der Waals surface area contributed by atoms with Gasteiger partial charge >= 0.3 is 0 Å². The molecule has 3 N–H and O–H groups in total. The first kappa shape index (κ1) is 18.1. The number of phenols is 1. The number of ether oxygens (including phenoxy) is 2. The second-order valence-electron chi connectivity index (χ2n) is 5.48. The van der Waals surface area contributed by atoms with Gasteiger partial charge in [0.15, 0.2) is 17.5 Å². The summed E-state index contributed by atoms with van der Waals surface area (Å²) in [7, 11) is 3.21. The Kier molecular flexibility index (Phi) is 6.98. The molecule has 0 aliphatic heterocycles. The molecule has 22 heavy (non-hydrogen) atoms. The van der Waals surface area contributed by atoms with Gasteiger partial charge in [-0.25, -0.2) is 4.99 Å². The maximum Gasteiger partial charge on any atom is 0.191 e. The quantitative estimate of drug-likeness (QED) is 0.530. The number of nitrogens with one attached hydrogen (secondary N) is 2. The van der Waals surface area contributed by atoms with Gasteiger partial charge in [0, 0.05) is 25.8 Å². The Labute approximate surface area is 132 Å². The predicted molar refractivity (Wildman–Crippen MR) is 88.6 cm³/mol. The Hall–Kier alpha value is -1.95. The van der Waals surface area contributed by atoms with Crippen molar-refractivity contribution in [2.75, 3.05) is 27.3 Å². The van der Waals surface area contributed by atoms with E-state index in [4.69, 9.17) is 9.47 Å². The van der Waals surface area contributed by atoms with E-state index in [9.17, 15) is 5.11 Å². The molecule has 0 saturated carbocycles. The van der Waals surface area contributed by atoms with Crippen LogP contribution in [0.3, 0.4) is 0 Å². The lowest BCUT2D eigenvalue weighted by atomic mass is 10.1. The highest BCUT2D eigenvalue weighted by molar-refractivity contribution is 5.79. The summed E-state index contributed by atoms with van der Waals surface area (Å²) in [5, 5.41) is 16.5. The normalized spacial score (nSPS) is 12.1. The van der Waals surface area contributed by atoms with Crippen LogP contribution in [0, 0.1) is 0 Å². The third-order valence-corrected chi connectivity index (χ3v) is 3.29. The first-order valence-corrected chi connectivity index (χ1v) is 7.35. The van der Waals surface area contributed by atoms with E-state index in [0.29, 0.717) is 30.4 Å². The summed E-state index contributed by atoms with van der Waals surface area (Å²) >= 11 is 0. The summed E-state index contributed by atoms with van der Waals surface area (Å²) in [4.78, 5) is 4.48. The maximum atomic E-state index is 10.1. The van der Waals surface area contributed by atoms with Crippen LogP contribution in [0.2, 0.25) is 0 Å². The largest absolute Gasteiger partial charge is 0.504 e. The van der Waals surface area contributed by atoms with Crippen molar-refractivity contribution in [2.24, 2.45) is 4.99 Å². The number of benzene rings is 1. The fraction of sp³-hybridized carbons (Fsp3) is 0.562. The smallest absolute Gasteiger partial charge is 0.191 e. The van der Waals surface area contributed by atoms with Crippen molar-refractivity contribution in [1.29, 1.82) is 0 Å². The lowest BCUT2D eigenvalue weighted by Gasteiger charge is -2.24. The highest BCUT2D eigenvalue weighted by Gasteiger charge is 2.16. The Morgan fingerprint density at radius 2 is 2.00 bits per heavy atom. The molecule has 0 bridgehead atoms. The van der Waals surface area contributed by atoms with Gasteiger partial charge in [-0.2, -0.15) is 0 Å². The fourth-order valence-electron chi connectivity index (χ4n) is 1.73. The molecular formula is C16H27N3O3. The first-order chi connectivity index (χ1) is 10.4. The zero-order valence-corrected chi connectivity index (χ0v) is 14.1. The van der Waals surface area contributed by atoms with E-state index in [1.54, 1.807) is 13.2 Å². The van der Waals surface area contributed by atoms with E-state index < -0.39 is 0 Å². The van der Waals surface area contributed by atoms with Crippen molar-refractivity contribution < 1.29 is 14.6 Å². The monoisotopic (exact) mass is 309 g/mol. The second kappa shape index (κ2) is 8.48. The molecule has 0 fully saturated rings. The molecule has 1 aromatic rings. The third kappa shape index (κ3) is 5.44. The molecule has 0 aliphatic carbocycles. The Morgan fingerprint density at radius 1 is 1.27 bits per heavy atom.